The van der Waals surface area contributed by atoms with Crippen molar-refractivity contribution in [3.63, 3.8) is 0 Å². The minimum absolute atomic E-state index is 0.00572. The molecule has 6 aliphatic heterocycles. The molecule has 11 N–H and O–H groups in total. The third-order valence-corrected chi connectivity index (χ3v) is 33.9. The third kappa shape index (κ3) is 31.5. The molecule has 12 heterocycles. The van der Waals surface area contributed by atoms with Gasteiger partial charge in [-0.2, -0.15) is 0 Å². The van der Waals surface area contributed by atoms with E-state index < -0.39 is 338 Å². The number of phosphoric acid groups is 6. The van der Waals surface area contributed by atoms with Crippen molar-refractivity contribution >= 4 is 97.6 Å². The number of ether oxygens (including phenoxy) is 6. The molecule has 0 saturated carbocycles. The Labute approximate surface area is 850 Å². The largest absolute Gasteiger partial charge is 0.475 e. The summed E-state index contributed by atoms with van der Waals surface area (Å²) in [6.45, 7) is 14.0. The van der Waals surface area contributed by atoms with Gasteiger partial charge in [0.1, 0.15) is 111 Å². The molecule has 58 nitrogen and oxygen atoms in total. The Morgan fingerprint density at radius 3 is 0.703 bits per heavy atom. The molecule has 0 aliphatic carbocycles. The number of aromatic amines is 6. The Hall–Kier alpha value is -7.48. The quantitative estimate of drug-likeness (QED) is 0.0191. The summed E-state index contributed by atoms with van der Waals surface area (Å²) in [6.07, 6.45) is -27.5. The fourth-order valence-electron chi connectivity index (χ4n) is 15.3. The molecule has 0 bridgehead atoms. The number of nitrogens with zero attached hydrogens (tertiary/aromatic N) is 6. The van der Waals surface area contributed by atoms with Gasteiger partial charge in [0.25, 0.3) is 33.4 Å². The smallest absolute Gasteiger partial charge is 0.394 e. The highest BCUT2D eigenvalue weighted by Crippen LogP contribution is 2.60. The Morgan fingerprint density at radius 1 is 0.311 bits per heavy atom. The van der Waals surface area contributed by atoms with Crippen molar-refractivity contribution < 1.29 is 158 Å². The molecule has 6 saturated heterocycles. The maximum absolute atomic E-state index is 16.0. The molecule has 0 radical (unpaired) electrons. The van der Waals surface area contributed by atoms with Gasteiger partial charge in [-0.05, 0) is 41.5 Å². The van der Waals surface area contributed by atoms with E-state index in [4.69, 9.17) is 91.8 Å². The van der Waals surface area contributed by atoms with E-state index in [1.54, 1.807) is 62.3 Å². The molecule has 6 aliphatic rings. The number of phosphoric ester groups is 6. The van der Waals surface area contributed by atoms with Crippen LogP contribution in [0.25, 0.3) is 0 Å². The zero-order chi connectivity index (χ0) is 109. The predicted molar refractivity (Wildman–Crippen MR) is 517 cm³/mol. The fourth-order valence-corrected chi connectivity index (χ4v) is 24.7. The van der Waals surface area contributed by atoms with Crippen molar-refractivity contribution in [2.45, 2.75) is 253 Å². The van der Waals surface area contributed by atoms with Crippen LogP contribution in [0.15, 0.2) is 94.7 Å². The van der Waals surface area contributed by atoms with Crippen LogP contribution in [0.4, 0.5) is 0 Å². The van der Waals surface area contributed by atoms with Crippen LogP contribution < -0.4 is 67.5 Å². The molecule has 23 atom stereocenters. The number of rotatable bonds is 46. The van der Waals surface area contributed by atoms with Crippen molar-refractivity contribution in [1.82, 2.24) is 57.3 Å². The second-order valence-corrected chi connectivity index (χ2v) is 50.1. The topological polar surface area (TPSA) is 769 Å². The van der Waals surface area contributed by atoms with Crippen molar-refractivity contribution in [2.75, 3.05) is 76.7 Å². The second-order valence-electron chi connectivity index (χ2n) is 38.0. The minimum Gasteiger partial charge on any atom is -0.394 e. The van der Waals surface area contributed by atoms with E-state index in [0.717, 1.165) is 81.9 Å². The van der Waals surface area contributed by atoms with E-state index in [1.807, 2.05) is 0 Å². The molecule has 5 unspecified atom stereocenters. The number of aryl methyl sites for hydroxylation is 6. The molecule has 12 rings (SSSR count). The molecule has 6 fully saturated rings. The number of hydrogen-bond donors (Lipinski definition) is 11. The Morgan fingerprint density at radius 2 is 0.500 bits per heavy atom. The average molecular weight is 2280 g/mol. The van der Waals surface area contributed by atoms with Gasteiger partial charge in [0.05, 0.1) is 59.5 Å². The molecule has 824 valence electrons. The van der Waals surface area contributed by atoms with E-state index in [0.29, 0.717) is 11.8 Å². The number of H-pyrrole nitrogens is 6. The lowest BCUT2D eigenvalue weighted by Crippen LogP contribution is -2.34. The first-order valence-electron chi connectivity index (χ1n) is 45.6. The number of carbonyl (C=O) groups excluding carboxylic acids is 3. The van der Waals surface area contributed by atoms with E-state index in [2.05, 4.69) is 29.9 Å². The molecule has 6 aromatic rings. The molecule has 0 spiro atoms. The standard InChI is InChI=1S/C81H116N12O46P6S3/c1-40-28-88(73(104)82-64(40)95)58-22-46(52(34-94)128-58)137-143(117,120-16-19-146-70(101)79(7,8)9)126-38-56-48(24-60(132-56)90-30-42(3)66(97)84-75(90)106)135-141(113,114)124-36-54-51(27-63(130-54)93-33-45(6)69(100)87-78(93)109)139-145(119,122-18-21-148-72(103)81(13,14)15)127-39-57-49(25-61(133-57)91-31-43(4)67(98)85-76(91)107)136-142(115,116)123-35-53-50(26-62(129-53)92-32-44(5)68(99)86-77(92)108)138-144(118,121-17-20-147-71(102)80(10,11)12)125-37-55-47(134-140(110,111)112)23-59(131-55)89-29-41(2)65(96)83-74(89)105/h28-33,46-63,94H,16-27,34-39H2,1-15H3,(H,113,114)(H,115,116)(H,82,95,104)(H,83,96,105)(H,84,97,106)(H,85,98,107)(H,86,99,108)(H,87,100,109)(H2,110,111,112)/t46-,47-,48-,49-,50-,51-,52+,53+,54+,55+,56+,57+,58+,59+,60+,61+,62+,63+,143?,144?,145?/m0/s1. The van der Waals surface area contributed by atoms with Crippen molar-refractivity contribution in [3.8, 4) is 0 Å². The van der Waals surface area contributed by atoms with Crippen molar-refractivity contribution in [1.29, 1.82) is 0 Å². The lowest BCUT2D eigenvalue weighted by molar-refractivity contribution is -0.118. The normalized spacial score (nSPS) is 26.6. The van der Waals surface area contributed by atoms with E-state index in [-0.39, 0.29) is 67.3 Å². The lowest BCUT2D eigenvalue weighted by atomic mass is 9.99. The zero-order valence-corrected chi connectivity index (χ0v) is 90.0. The highest BCUT2D eigenvalue weighted by Gasteiger charge is 2.54. The molecule has 6 aromatic heterocycles. The van der Waals surface area contributed by atoms with Crippen LogP contribution in [-0.4, -0.2) is 247 Å². The van der Waals surface area contributed by atoms with Crippen molar-refractivity contribution in [3.05, 3.63) is 196 Å². The van der Waals surface area contributed by atoms with Crippen LogP contribution in [-0.2, 0) is 134 Å². The summed E-state index contributed by atoms with van der Waals surface area (Å²) in [6, 6.07) is 0. The van der Waals surface area contributed by atoms with Crippen LogP contribution in [0.5, 0.6) is 0 Å². The number of aromatic nitrogens is 12. The average Bonchev–Trinajstić information content (AvgIpc) is 1.66. The van der Waals surface area contributed by atoms with Gasteiger partial charge in [-0.1, -0.05) is 97.6 Å². The van der Waals surface area contributed by atoms with Gasteiger partial charge in [0.2, 0.25) is 0 Å². The summed E-state index contributed by atoms with van der Waals surface area (Å²) < 4.78 is 213. The highest BCUT2D eigenvalue weighted by molar-refractivity contribution is 8.14. The Kier molecular flexibility index (Phi) is 39.2. The molecule has 67 heteroatoms. The first-order valence-corrected chi connectivity index (χ1v) is 57.5. The summed E-state index contributed by atoms with van der Waals surface area (Å²) in [4.78, 5) is 253. The monoisotopic (exact) mass is 2270 g/mol. The maximum Gasteiger partial charge on any atom is 0.475 e. The lowest BCUT2D eigenvalue weighted by Gasteiger charge is -2.28. The summed E-state index contributed by atoms with van der Waals surface area (Å²) >= 11 is 2.21. The van der Waals surface area contributed by atoms with Gasteiger partial charge < -0.3 is 53.1 Å². The summed E-state index contributed by atoms with van der Waals surface area (Å²) in [7, 11) is -33.1. The van der Waals surface area contributed by atoms with Crippen LogP contribution in [0.1, 0.15) is 172 Å². The summed E-state index contributed by atoms with van der Waals surface area (Å²) in [5, 5.41) is 9.47. The zero-order valence-electron chi connectivity index (χ0n) is 82.1. The van der Waals surface area contributed by atoms with Gasteiger partial charge in [-0.25, -0.2) is 56.2 Å². The summed E-state index contributed by atoms with van der Waals surface area (Å²) in [5.74, 6) is -0.756. The van der Waals surface area contributed by atoms with Crippen LogP contribution in [0.3, 0.4) is 0 Å². The number of aliphatic hydroxyl groups excluding tert-OH is 1. The minimum atomic E-state index is -5.83. The third-order valence-electron chi connectivity index (χ3n) is 23.1. The molecular formula is C81H116N12O46P6S3. The van der Waals surface area contributed by atoms with Gasteiger partial charge >= 0.3 is 81.1 Å². The first kappa shape index (κ1) is 119. The van der Waals surface area contributed by atoms with E-state index >= 15 is 13.7 Å². The summed E-state index contributed by atoms with van der Waals surface area (Å²) in [5.41, 5.74) is -14.4. The van der Waals surface area contributed by atoms with E-state index in [9.17, 15) is 110 Å². The second kappa shape index (κ2) is 48.7. The van der Waals surface area contributed by atoms with Gasteiger partial charge in [0.15, 0.2) is 15.3 Å². The number of carbonyl (C=O) groups is 3. The molecule has 0 amide bonds. The van der Waals surface area contributed by atoms with Crippen molar-refractivity contribution in [2.24, 2.45) is 16.2 Å². The van der Waals surface area contributed by atoms with Crippen LogP contribution in [0.2, 0.25) is 0 Å². The van der Waals surface area contributed by atoms with Gasteiger partial charge in [-0.3, -0.25) is 164 Å². The number of aliphatic hydroxyl groups is 1. The van der Waals surface area contributed by atoms with Crippen LogP contribution in [0, 0.1) is 57.8 Å². The van der Waals surface area contributed by atoms with E-state index in [1.165, 1.54) is 47.7 Å². The number of hydrogen-bond acceptors (Lipinski definition) is 45. The predicted octanol–water partition coefficient (Wildman–Crippen LogP) is 3.83. The highest BCUT2D eigenvalue weighted by atomic mass is 32.2. The Balaban J connectivity index is 0.829. The van der Waals surface area contributed by atoms with Crippen LogP contribution >= 0.6 is 82.2 Å². The SMILES string of the molecule is Cc1cn([C@H]2C[C@H](OP(=O)(O)O)[C@@H](COP(=O)(OCCSC(=O)C(C)(C)C)O[C@H]3C[C@H](n4cc(C)c(=O)[nH]c4=O)O[C@@H]3COP(=O)(O)O[C@H]3C[C@H](n4cc(C)c(=O)[nH]c4=O)O[C@@H]3COP(=O)(OCCSC(=O)C(C)(C)C)O[C@H]3C[C@H](n4cc(C)c(=O)[nH]c4=O)O[C@@H]3COP(=O)(O)O[C@H]3C[C@H](n4cc(C)c(=O)[nH]c4=O)O[C@@H]3COP(=O)(OCCSC(=O)C(C)(C)C)O[C@H]3C[C@H](n4cc(C)c(=O)[nH]c4=O)O[C@@H]3CO)O2)c(=O)[nH]c1=O. The Bertz CT molecular complexity index is 6970. The fraction of sp³-hybridized carbons (Fsp3) is 0.667. The number of thioether (sulfide) groups is 3. The molecule has 148 heavy (non-hydrogen) atoms. The first-order chi connectivity index (χ1) is 68.9. The molecular weight excluding hydrogens is 2160 g/mol. The van der Waals surface area contributed by atoms with Gasteiger partial charge in [0, 0.05) is 143 Å². The molecule has 0 aromatic carbocycles. The maximum atomic E-state index is 16.0. The van der Waals surface area contributed by atoms with Gasteiger partial charge in [-0.15, -0.1) is 0 Å². The number of nitrogens with one attached hydrogen (secondary N) is 6.